The lowest BCUT2D eigenvalue weighted by Gasteiger charge is -2.31. The first-order chi connectivity index (χ1) is 10.5. The molecule has 0 radical (unpaired) electrons. The maximum absolute atomic E-state index is 11.9. The summed E-state index contributed by atoms with van der Waals surface area (Å²) in [5.41, 5.74) is 0.498. The van der Waals surface area contributed by atoms with E-state index in [0.29, 0.717) is 11.1 Å². The number of fused-ring (bicyclic) bond motifs is 1. The number of nitrogens with zero attached hydrogens (tertiary/aromatic N) is 2. The zero-order chi connectivity index (χ0) is 15.9. The number of hydrogen-bond acceptors (Lipinski definition) is 7. The molecule has 2 aliphatic rings. The van der Waals surface area contributed by atoms with Gasteiger partial charge in [0.2, 0.25) is 5.56 Å². The van der Waals surface area contributed by atoms with Gasteiger partial charge in [-0.2, -0.15) is 0 Å². The summed E-state index contributed by atoms with van der Waals surface area (Å²) in [7, 11) is 0. The molecular formula is C13H10N2O6S. The molecule has 0 aliphatic carbocycles. The van der Waals surface area contributed by atoms with Gasteiger partial charge in [-0.3, -0.25) is 10.1 Å². The van der Waals surface area contributed by atoms with Crippen LogP contribution in [0.2, 0.25) is 0 Å². The van der Waals surface area contributed by atoms with Crippen LogP contribution in [0.5, 0.6) is 0 Å². The SMILES string of the molecule is Cc1c(COC(=O)C2=CN3C(=O)O[C@H]3S2)cccc1[N+](=O)[O-]. The number of thioether (sulfide) groups is 1. The number of benzene rings is 1. The van der Waals surface area contributed by atoms with E-state index in [0.717, 1.165) is 11.8 Å². The minimum atomic E-state index is -0.596. The second-order valence-electron chi connectivity index (χ2n) is 4.60. The van der Waals surface area contributed by atoms with Gasteiger partial charge in [0.1, 0.15) is 11.5 Å². The van der Waals surface area contributed by atoms with Crippen LogP contribution in [0.4, 0.5) is 10.5 Å². The van der Waals surface area contributed by atoms with Gasteiger partial charge in [0.25, 0.3) is 5.69 Å². The van der Waals surface area contributed by atoms with Gasteiger partial charge in [-0.15, -0.1) is 0 Å². The van der Waals surface area contributed by atoms with Crippen LogP contribution >= 0.6 is 11.8 Å². The molecule has 0 bridgehead atoms. The van der Waals surface area contributed by atoms with E-state index in [1.807, 2.05) is 0 Å². The van der Waals surface area contributed by atoms with Crippen molar-refractivity contribution < 1.29 is 24.0 Å². The molecule has 1 amide bonds. The highest BCUT2D eigenvalue weighted by atomic mass is 32.2. The maximum Gasteiger partial charge on any atom is 0.420 e. The Balaban J connectivity index is 1.66. The van der Waals surface area contributed by atoms with E-state index in [-0.39, 0.29) is 17.2 Å². The highest BCUT2D eigenvalue weighted by Gasteiger charge is 2.45. The lowest BCUT2D eigenvalue weighted by molar-refractivity contribution is -0.385. The third kappa shape index (κ3) is 2.39. The zero-order valence-electron chi connectivity index (χ0n) is 11.3. The Hall–Kier alpha value is -2.55. The Morgan fingerprint density at radius 3 is 2.95 bits per heavy atom. The van der Waals surface area contributed by atoms with Crippen molar-refractivity contribution in [3.8, 4) is 0 Å². The molecule has 3 rings (SSSR count). The molecule has 0 saturated carbocycles. The van der Waals surface area contributed by atoms with Crippen LogP contribution in [-0.4, -0.2) is 27.4 Å². The fraction of sp³-hybridized carbons (Fsp3) is 0.231. The summed E-state index contributed by atoms with van der Waals surface area (Å²) in [6.45, 7) is 1.52. The maximum atomic E-state index is 11.9. The van der Waals surface area contributed by atoms with E-state index in [1.54, 1.807) is 13.0 Å². The highest BCUT2D eigenvalue weighted by molar-refractivity contribution is 8.04. The van der Waals surface area contributed by atoms with Crippen molar-refractivity contribution in [3.05, 3.63) is 50.5 Å². The molecule has 0 aromatic heterocycles. The zero-order valence-corrected chi connectivity index (χ0v) is 12.2. The van der Waals surface area contributed by atoms with Crippen LogP contribution in [0, 0.1) is 17.0 Å². The second kappa shape index (κ2) is 5.34. The van der Waals surface area contributed by atoms with Gasteiger partial charge in [-0.05, 0) is 24.2 Å². The highest BCUT2D eigenvalue weighted by Crippen LogP contribution is 2.40. The van der Waals surface area contributed by atoms with Crippen molar-refractivity contribution in [1.82, 2.24) is 4.90 Å². The summed E-state index contributed by atoms with van der Waals surface area (Å²) in [4.78, 5) is 34.9. The van der Waals surface area contributed by atoms with Crippen molar-refractivity contribution in [2.45, 2.75) is 19.1 Å². The van der Waals surface area contributed by atoms with E-state index in [4.69, 9.17) is 9.47 Å². The smallest absolute Gasteiger partial charge is 0.420 e. The minimum Gasteiger partial charge on any atom is -0.457 e. The number of hydrogen-bond donors (Lipinski definition) is 0. The summed E-state index contributed by atoms with van der Waals surface area (Å²) >= 11 is 1.08. The van der Waals surface area contributed by atoms with E-state index in [1.165, 1.54) is 23.2 Å². The molecule has 0 N–H and O–H groups in total. The molecular weight excluding hydrogens is 312 g/mol. The summed E-state index contributed by atoms with van der Waals surface area (Å²) in [5, 5.41) is 10.9. The van der Waals surface area contributed by atoms with Gasteiger partial charge in [0.15, 0.2) is 0 Å². The van der Waals surface area contributed by atoms with Crippen LogP contribution in [0.3, 0.4) is 0 Å². The Morgan fingerprint density at radius 1 is 1.55 bits per heavy atom. The average Bonchev–Trinajstić information content (AvgIpc) is 2.83. The van der Waals surface area contributed by atoms with E-state index < -0.39 is 22.5 Å². The fourth-order valence-electron chi connectivity index (χ4n) is 2.04. The molecule has 9 heteroatoms. The lowest BCUT2D eigenvalue weighted by Crippen LogP contribution is -2.46. The molecule has 0 spiro atoms. The molecule has 114 valence electrons. The van der Waals surface area contributed by atoms with Crippen molar-refractivity contribution in [2.24, 2.45) is 0 Å². The number of carbonyl (C=O) groups excluding carboxylic acids is 2. The number of nitro benzene ring substituents is 1. The number of ether oxygens (including phenoxy) is 2. The van der Waals surface area contributed by atoms with Crippen molar-refractivity contribution >= 4 is 29.5 Å². The predicted molar refractivity (Wildman–Crippen MR) is 75.4 cm³/mol. The lowest BCUT2D eigenvalue weighted by atomic mass is 10.1. The molecule has 0 unspecified atom stereocenters. The molecule has 1 aromatic carbocycles. The summed E-state index contributed by atoms with van der Waals surface area (Å²) in [6, 6.07) is 4.59. The van der Waals surface area contributed by atoms with Gasteiger partial charge in [-0.25, -0.2) is 14.5 Å². The first-order valence-corrected chi connectivity index (χ1v) is 7.13. The first kappa shape index (κ1) is 14.4. The molecule has 22 heavy (non-hydrogen) atoms. The van der Waals surface area contributed by atoms with Gasteiger partial charge >= 0.3 is 12.1 Å². The van der Waals surface area contributed by atoms with Crippen LogP contribution < -0.4 is 0 Å². The normalized spacial score (nSPS) is 19.0. The number of nitro groups is 1. The number of esters is 1. The molecule has 1 fully saturated rings. The number of amides is 1. The third-order valence-electron chi connectivity index (χ3n) is 3.30. The number of carbonyl (C=O) groups is 2. The Kier molecular flexibility index (Phi) is 3.49. The van der Waals surface area contributed by atoms with Crippen molar-refractivity contribution in [3.63, 3.8) is 0 Å². The molecule has 1 atom stereocenters. The molecule has 1 saturated heterocycles. The predicted octanol–water partition coefficient (Wildman–Crippen LogP) is 2.27. The van der Waals surface area contributed by atoms with Crippen LogP contribution in [0.1, 0.15) is 11.1 Å². The van der Waals surface area contributed by atoms with Crippen LogP contribution in [0.15, 0.2) is 29.3 Å². The first-order valence-electron chi connectivity index (χ1n) is 6.25. The molecule has 8 nitrogen and oxygen atoms in total. The van der Waals surface area contributed by atoms with E-state index in [9.17, 15) is 19.7 Å². The minimum absolute atomic E-state index is 0.0221. The van der Waals surface area contributed by atoms with Gasteiger partial charge in [0, 0.05) is 17.8 Å². The second-order valence-corrected chi connectivity index (χ2v) is 5.68. The van der Waals surface area contributed by atoms with E-state index in [2.05, 4.69) is 0 Å². The summed E-state index contributed by atoms with van der Waals surface area (Å²) in [5.74, 6) is -0.596. The molecule has 1 aromatic rings. The van der Waals surface area contributed by atoms with Crippen LogP contribution in [-0.2, 0) is 20.9 Å². The van der Waals surface area contributed by atoms with Gasteiger partial charge < -0.3 is 9.47 Å². The Morgan fingerprint density at radius 2 is 2.32 bits per heavy atom. The topological polar surface area (TPSA) is 99.0 Å². The standard InChI is InChI=1S/C13H10N2O6S/c1-7-8(3-2-4-9(7)15(18)19)6-20-11(16)10-5-14-12(17)21-13(14)22-10/h2-5,13H,6H2,1H3/t13-/m0/s1. The third-order valence-corrected chi connectivity index (χ3v) is 4.35. The van der Waals surface area contributed by atoms with Crippen LogP contribution in [0.25, 0.3) is 0 Å². The van der Waals surface area contributed by atoms with Crippen molar-refractivity contribution in [1.29, 1.82) is 0 Å². The Labute approximate surface area is 128 Å². The molecule has 2 aliphatic heterocycles. The number of rotatable bonds is 4. The summed E-state index contributed by atoms with van der Waals surface area (Å²) < 4.78 is 9.93. The molecule has 2 heterocycles. The average molecular weight is 322 g/mol. The van der Waals surface area contributed by atoms with E-state index >= 15 is 0 Å². The summed E-state index contributed by atoms with van der Waals surface area (Å²) in [6.07, 6.45) is 0.874. The fourth-order valence-corrected chi connectivity index (χ4v) is 2.98. The Bertz CT molecular complexity index is 716. The van der Waals surface area contributed by atoms with Crippen molar-refractivity contribution in [2.75, 3.05) is 0 Å². The van der Waals surface area contributed by atoms with Gasteiger partial charge in [-0.1, -0.05) is 12.1 Å². The monoisotopic (exact) mass is 322 g/mol. The largest absolute Gasteiger partial charge is 0.457 e. The quantitative estimate of drug-likeness (QED) is 0.476. The van der Waals surface area contributed by atoms with Gasteiger partial charge in [0.05, 0.1) is 4.92 Å².